The third-order valence-corrected chi connectivity index (χ3v) is 5.32. The lowest BCUT2D eigenvalue weighted by Crippen LogP contribution is -2.44. The Morgan fingerprint density at radius 2 is 1.73 bits per heavy atom. The molecule has 160 valence electrons. The third kappa shape index (κ3) is 4.47. The van der Waals surface area contributed by atoms with Crippen LogP contribution in [0, 0.1) is 5.82 Å². The lowest BCUT2D eigenvalue weighted by molar-refractivity contribution is -0.185. The maximum absolute atomic E-state index is 13.6. The molecule has 0 radical (unpaired) electrons. The molecule has 0 aromatic heterocycles. The molecule has 2 unspecified atom stereocenters. The second-order valence-corrected chi connectivity index (χ2v) is 8.26. The predicted molar refractivity (Wildman–Crippen MR) is 113 cm³/mol. The van der Waals surface area contributed by atoms with E-state index in [0.29, 0.717) is 11.1 Å². The molecule has 3 rings (SSSR count). The van der Waals surface area contributed by atoms with Crippen molar-refractivity contribution < 1.29 is 23.4 Å². The number of hydrogen-bond donors (Lipinski definition) is 0. The molecule has 0 amide bonds. The Bertz CT molecular complexity index is 902. The maximum Gasteiger partial charge on any atom is 0.333 e. The van der Waals surface area contributed by atoms with Gasteiger partial charge in [0.2, 0.25) is 5.79 Å². The first-order chi connectivity index (χ1) is 14.2. The Kier molecular flexibility index (Phi) is 6.44. The summed E-state index contributed by atoms with van der Waals surface area (Å²) in [6.45, 7) is 11.2. The minimum Gasteiger partial charge on any atom is -0.453 e. The lowest BCUT2D eigenvalue weighted by atomic mass is 9.95. The van der Waals surface area contributed by atoms with Crippen molar-refractivity contribution in [1.82, 2.24) is 0 Å². The fourth-order valence-corrected chi connectivity index (χ4v) is 3.51. The second-order valence-electron chi connectivity index (χ2n) is 8.26. The van der Waals surface area contributed by atoms with Gasteiger partial charge in [0.1, 0.15) is 17.5 Å². The van der Waals surface area contributed by atoms with Gasteiger partial charge in [0.25, 0.3) is 0 Å². The molecule has 1 saturated heterocycles. The average Bonchev–Trinajstić information content (AvgIpc) is 3.16. The van der Waals surface area contributed by atoms with E-state index in [4.69, 9.17) is 14.2 Å². The molecule has 2 atom stereocenters. The summed E-state index contributed by atoms with van der Waals surface area (Å²) in [6, 6.07) is 14.1. The predicted octanol–water partition coefficient (Wildman–Crippen LogP) is 5.29. The van der Waals surface area contributed by atoms with Crippen LogP contribution in [0.1, 0.15) is 50.8 Å². The topological polar surface area (TPSA) is 44.8 Å². The molecule has 0 spiro atoms. The molecular formula is C25H29FO4. The smallest absolute Gasteiger partial charge is 0.333 e. The molecule has 5 heteroatoms. The van der Waals surface area contributed by atoms with E-state index in [-0.39, 0.29) is 12.4 Å². The SMILES string of the molecule is C=C(C)C(=O)OC(C)(C)C1COC(c2ccc(F)cc2)(c2ccc(CCC)cc2)O1. The number of benzene rings is 2. The average molecular weight is 413 g/mol. The van der Waals surface area contributed by atoms with E-state index >= 15 is 0 Å². The van der Waals surface area contributed by atoms with Crippen molar-refractivity contribution in [1.29, 1.82) is 0 Å². The summed E-state index contributed by atoms with van der Waals surface area (Å²) in [5.74, 6) is -2.03. The molecule has 2 aromatic rings. The first-order valence-electron chi connectivity index (χ1n) is 10.2. The Morgan fingerprint density at radius 3 is 2.27 bits per heavy atom. The van der Waals surface area contributed by atoms with Crippen molar-refractivity contribution in [2.75, 3.05) is 6.61 Å². The molecule has 0 bridgehead atoms. The number of rotatable bonds is 7. The minimum absolute atomic E-state index is 0.213. The zero-order valence-corrected chi connectivity index (χ0v) is 18.0. The van der Waals surface area contributed by atoms with Gasteiger partial charge in [-0.3, -0.25) is 0 Å². The third-order valence-electron chi connectivity index (χ3n) is 5.32. The summed E-state index contributed by atoms with van der Waals surface area (Å²) in [5, 5.41) is 0. The molecule has 1 aliphatic heterocycles. The summed E-state index contributed by atoms with van der Waals surface area (Å²) in [5.41, 5.74) is 2.08. The van der Waals surface area contributed by atoms with E-state index < -0.39 is 23.5 Å². The van der Waals surface area contributed by atoms with E-state index in [2.05, 4.69) is 25.6 Å². The van der Waals surface area contributed by atoms with Crippen LogP contribution >= 0.6 is 0 Å². The quantitative estimate of drug-likeness (QED) is 0.458. The molecule has 1 aliphatic rings. The Balaban J connectivity index is 1.96. The fourth-order valence-electron chi connectivity index (χ4n) is 3.51. The number of carbonyl (C=O) groups is 1. The highest BCUT2D eigenvalue weighted by molar-refractivity contribution is 5.87. The molecule has 0 N–H and O–H groups in total. The van der Waals surface area contributed by atoms with Crippen LogP contribution in [0.5, 0.6) is 0 Å². The van der Waals surface area contributed by atoms with E-state index in [1.807, 2.05) is 12.1 Å². The Hall–Kier alpha value is -2.50. The van der Waals surface area contributed by atoms with Crippen molar-refractivity contribution in [2.24, 2.45) is 0 Å². The molecule has 2 aromatic carbocycles. The van der Waals surface area contributed by atoms with Crippen molar-refractivity contribution in [3.05, 3.63) is 83.2 Å². The van der Waals surface area contributed by atoms with Crippen molar-refractivity contribution in [2.45, 2.75) is 58.0 Å². The van der Waals surface area contributed by atoms with Crippen LogP contribution in [0.3, 0.4) is 0 Å². The van der Waals surface area contributed by atoms with Crippen LogP contribution in [-0.2, 0) is 31.2 Å². The summed E-state index contributed by atoms with van der Waals surface area (Å²) in [7, 11) is 0. The van der Waals surface area contributed by atoms with Gasteiger partial charge in [0.15, 0.2) is 0 Å². The van der Waals surface area contributed by atoms with E-state index in [1.54, 1.807) is 32.9 Å². The number of ether oxygens (including phenoxy) is 3. The van der Waals surface area contributed by atoms with Crippen LogP contribution in [0.15, 0.2) is 60.7 Å². The van der Waals surface area contributed by atoms with Gasteiger partial charge >= 0.3 is 5.97 Å². The highest BCUT2D eigenvalue weighted by Crippen LogP contribution is 2.43. The maximum atomic E-state index is 13.6. The zero-order valence-electron chi connectivity index (χ0n) is 18.0. The van der Waals surface area contributed by atoms with E-state index in [9.17, 15) is 9.18 Å². The van der Waals surface area contributed by atoms with E-state index in [0.717, 1.165) is 18.4 Å². The molecule has 4 nitrogen and oxygen atoms in total. The highest BCUT2D eigenvalue weighted by atomic mass is 19.1. The molecule has 1 fully saturated rings. The van der Waals surface area contributed by atoms with Gasteiger partial charge in [0, 0.05) is 16.7 Å². The first-order valence-corrected chi connectivity index (χ1v) is 10.2. The van der Waals surface area contributed by atoms with Crippen molar-refractivity contribution in [3.8, 4) is 0 Å². The summed E-state index contributed by atoms with van der Waals surface area (Å²) in [6.07, 6.45) is 1.51. The van der Waals surface area contributed by atoms with Crippen LogP contribution in [-0.4, -0.2) is 24.3 Å². The zero-order chi connectivity index (χ0) is 21.9. The Morgan fingerprint density at radius 1 is 1.17 bits per heavy atom. The van der Waals surface area contributed by atoms with Crippen LogP contribution in [0.2, 0.25) is 0 Å². The Labute approximate surface area is 177 Å². The van der Waals surface area contributed by atoms with Gasteiger partial charge in [0.05, 0.1) is 6.61 Å². The number of halogens is 1. The second kappa shape index (κ2) is 8.70. The van der Waals surface area contributed by atoms with Crippen molar-refractivity contribution >= 4 is 5.97 Å². The van der Waals surface area contributed by atoms with Gasteiger partial charge < -0.3 is 14.2 Å². The van der Waals surface area contributed by atoms with Gasteiger partial charge in [-0.1, -0.05) is 56.3 Å². The van der Waals surface area contributed by atoms with Crippen LogP contribution < -0.4 is 0 Å². The molecule has 30 heavy (non-hydrogen) atoms. The normalized spacial score (nSPS) is 21.4. The standard InChI is InChI=1S/C25H29FO4/c1-6-7-18-8-10-19(11-9-18)25(20-12-14-21(26)15-13-20)28-16-22(29-25)24(4,5)30-23(27)17(2)3/h8-15,22H,2,6-7,16H2,1,3-5H3. The van der Waals surface area contributed by atoms with Gasteiger partial charge in [-0.25, -0.2) is 9.18 Å². The number of esters is 1. The minimum atomic E-state index is -1.21. The summed E-state index contributed by atoms with van der Waals surface area (Å²) >= 11 is 0. The van der Waals surface area contributed by atoms with Crippen molar-refractivity contribution in [3.63, 3.8) is 0 Å². The van der Waals surface area contributed by atoms with Gasteiger partial charge in [-0.2, -0.15) is 0 Å². The van der Waals surface area contributed by atoms with Crippen LogP contribution in [0.25, 0.3) is 0 Å². The fraction of sp³-hybridized carbons (Fsp3) is 0.400. The van der Waals surface area contributed by atoms with E-state index in [1.165, 1.54) is 17.7 Å². The van der Waals surface area contributed by atoms with Gasteiger partial charge in [-0.05, 0) is 44.9 Å². The van der Waals surface area contributed by atoms with Crippen LogP contribution in [0.4, 0.5) is 4.39 Å². The first kappa shape index (κ1) is 22.2. The number of aryl methyl sites for hydroxylation is 1. The number of hydrogen-bond acceptors (Lipinski definition) is 4. The molecule has 1 heterocycles. The summed E-state index contributed by atoms with van der Waals surface area (Å²) in [4.78, 5) is 12.1. The van der Waals surface area contributed by atoms with Gasteiger partial charge in [-0.15, -0.1) is 0 Å². The largest absolute Gasteiger partial charge is 0.453 e. The molecule has 0 aliphatic carbocycles. The monoisotopic (exact) mass is 412 g/mol. The summed E-state index contributed by atoms with van der Waals surface area (Å²) < 4.78 is 31.9. The lowest BCUT2D eigenvalue weighted by Gasteiger charge is -2.33. The highest BCUT2D eigenvalue weighted by Gasteiger charge is 2.51. The number of carbonyl (C=O) groups excluding carboxylic acids is 1. The molecular weight excluding hydrogens is 383 g/mol. The molecule has 0 saturated carbocycles.